The number of hydrogen-bond acceptors (Lipinski definition) is 3. The number of alkyl halides is 1. The highest BCUT2D eigenvalue weighted by Crippen LogP contribution is 2.26. The average Bonchev–Trinajstić information content (AvgIpc) is 2.40. The van der Waals surface area contributed by atoms with Crippen LogP contribution < -0.4 is 5.32 Å². The standard InChI is InChI=1S/C14H16ClN3/c15-14-12-6-7-18(9-13(12)16-10-17-14)8-11-4-2-1-3-5-11/h1-5,10,14H,6-9H2,(H,16,17). The Hall–Kier alpha value is -1.32. The van der Waals surface area contributed by atoms with Gasteiger partial charge in [-0.05, 0) is 17.6 Å². The van der Waals surface area contributed by atoms with Crippen molar-refractivity contribution in [1.29, 1.82) is 0 Å². The predicted molar refractivity (Wildman–Crippen MR) is 74.6 cm³/mol. The first-order valence-electron chi connectivity index (χ1n) is 6.23. The van der Waals surface area contributed by atoms with Crippen LogP contribution in [0.15, 0.2) is 46.6 Å². The molecule has 0 fully saturated rings. The molecule has 2 aliphatic rings. The maximum Gasteiger partial charge on any atom is 0.148 e. The second kappa shape index (κ2) is 5.12. The Kier molecular flexibility index (Phi) is 3.35. The first kappa shape index (κ1) is 11.8. The molecule has 0 saturated heterocycles. The van der Waals surface area contributed by atoms with Crippen molar-refractivity contribution in [2.45, 2.75) is 18.5 Å². The van der Waals surface area contributed by atoms with Gasteiger partial charge >= 0.3 is 0 Å². The molecule has 1 aromatic carbocycles. The monoisotopic (exact) mass is 261 g/mol. The van der Waals surface area contributed by atoms with Gasteiger partial charge in [0, 0.05) is 25.3 Å². The molecule has 1 N–H and O–H groups in total. The lowest BCUT2D eigenvalue weighted by Gasteiger charge is -2.33. The molecule has 18 heavy (non-hydrogen) atoms. The number of nitrogens with zero attached hydrogens (tertiary/aromatic N) is 2. The van der Waals surface area contributed by atoms with Crippen LogP contribution in [0.4, 0.5) is 0 Å². The van der Waals surface area contributed by atoms with Crippen molar-refractivity contribution >= 4 is 17.9 Å². The molecule has 1 aromatic rings. The molecule has 2 aliphatic heterocycles. The quantitative estimate of drug-likeness (QED) is 0.654. The van der Waals surface area contributed by atoms with Gasteiger partial charge in [-0.3, -0.25) is 9.89 Å². The second-order valence-electron chi connectivity index (χ2n) is 4.71. The van der Waals surface area contributed by atoms with Gasteiger partial charge in [0.05, 0.1) is 6.34 Å². The topological polar surface area (TPSA) is 27.6 Å². The van der Waals surface area contributed by atoms with E-state index < -0.39 is 0 Å². The molecule has 2 heterocycles. The molecule has 3 nitrogen and oxygen atoms in total. The van der Waals surface area contributed by atoms with E-state index in [4.69, 9.17) is 11.6 Å². The molecule has 0 amide bonds. The third kappa shape index (κ3) is 2.42. The zero-order chi connectivity index (χ0) is 12.4. The minimum absolute atomic E-state index is 0.167. The highest BCUT2D eigenvalue weighted by atomic mass is 35.5. The van der Waals surface area contributed by atoms with Crippen molar-refractivity contribution in [3.63, 3.8) is 0 Å². The fourth-order valence-electron chi connectivity index (χ4n) is 2.48. The van der Waals surface area contributed by atoms with Crippen LogP contribution in [0.2, 0.25) is 0 Å². The third-order valence-corrected chi connectivity index (χ3v) is 3.82. The van der Waals surface area contributed by atoms with Crippen LogP contribution in [-0.4, -0.2) is 29.8 Å². The summed E-state index contributed by atoms with van der Waals surface area (Å²) in [6, 6.07) is 10.6. The van der Waals surface area contributed by atoms with Gasteiger partial charge in [0.15, 0.2) is 0 Å². The zero-order valence-corrected chi connectivity index (χ0v) is 10.9. The second-order valence-corrected chi connectivity index (χ2v) is 5.12. The minimum atomic E-state index is -0.167. The van der Waals surface area contributed by atoms with Crippen LogP contribution in [0.1, 0.15) is 12.0 Å². The van der Waals surface area contributed by atoms with E-state index in [-0.39, 0.29) is 5.50 Å². The van der Waals surface area contributed by atoms with E-state index in [1.165, 1.54) is 16.8 Å². The summed E-state index contributed by atoms with van der Waals surface area (Å²) in [6.07, 6.45) is 2.71. The van der Waals surface area contributed by atoms with Gasteiger partial charge in [0.1, 0.15) is 5.50 Å². The molecular weight excluding hydrogens is 246 g/mol. The van der Waals surface area contributed by atoms with Gasteiger partial charge in [0.25, 0.3) is 0 Å². The Morgan fingerprint density at radius 2 is 2.17 bits per heavy atom. The first-order valence-corrected chi connectivity index (χ1v) is 6.67. The Labute approximate surface area is 112 Å². The van der Waals surface area contributed by atoms with E-state index in [2.05, 4.69) is 45.5 Å². The highest BCUT2D eigenvalue weighted by Gasteiger charge is 2.24. The van der Waals surface area contributed by atoms with Gasteiger partial charge in [-0.15, -0.1) is 0 Å². The lowest BCUT2D eigenvalue weighted by Crippen LogP contribution is -2.39. The molecule has 0 bridgehead atoms. The predicted octanol–water partition coefficient (Wildman–Crippen LogP) is 2.34. The summed E-state index contributed by atoms with van der Waals surface area (Å²) < 4.78 is 0. The Morgan fingerprint density at radius 1 is 1.33 bits per heavy atom. The molecule has 0 radical (unpaired) electrons. The SMILES string of the molecule is ClC1N=CNC2=C1CCN(Cc1ccccc1)C2. The smallest absolute Gasteiger partial charge is 0.148 e. The fraction of sp³-hybridized carbons (Fsp3) is 0.357. The summed E-state index contributed by atoms with van der Waals surface area (Å²) in [6.45, 7) is 2.97. The van der Waals surface area contributed by atoms with Crippen LogP contribution in [0.25, 0.3) is 0 Å². The molecule has 1 unspecified atom stereocenters. The van der Waals surface area contributed by atoms with Crippen LogP contribution in [-0.2, 0) is 6.54 Å². The van der Waals surface area contributed by atoms with Gasteiger partial charge in [-0.2, -0.15) is 0 Å². The van der Waals surface area contributed by atoms with Crippen LogP contribution >= 0.6 is 11.6 Å². The van der Waals surface area contributed by atoms with Gasteiger partial charge in [-0.1, -0.05) is 41.9 Å². The largest absolute Gasteiger partial charge is 0.349 e. The minimum Gasteiger partial charge on any atom is -0.349 e. The van der Waals surface area contributed by atoms with E-state index in [1.54, 1.807) is 6.34 Å². The first-order chi connectivity index (χ1) is 8.83. The number of halogens is 1. The Balaban J connectivity index is 1.69. The molecule has 0 aliphatic carbocycles. The lowest BCUT2D eigenvalue weighted by atomic mass is 10.0. The molecular formula is C14H16ClN3. The maximum atomic E-state index is 6.18. The summed E-state index contributed by atoms with van der Waals surface area (Å²) in [7, 11) is 0. The number of aliphatic imine (C=N–C) groups is 1. The number of nitrogens with one attached hydrogen (secondary N) is 1. The molecule has 4 heteroatoms. The molecule has 94 valence electrons. The van der Waals surface area contributed by atoms with Crippen LogP contribution in [0.5, 0.6) is 0 Å². The van der Waals surface area contributed by atoms with Crippen molar-refractivity contribution in [1.82, 2.24) is 10.2 Å². The molecule has 0 spiro atoms. The van der Waals surface area contributed by atoms with Gasteiger partial charge in [-0.25, -0.2) is 0 Å². The van der Waals surface area contributed by atoms with E-state index in [1.807, 2.05) is 0 Å². The highest BCUT2D eigenvalue weighted by molar-refractivity contribution is 6.22. The third-order valence-electron chi connectivity index (χ3n) is 3.45. The fourth-order valence-corrected chi connectivity index (χ4v) is 2.78. The Bertz CT molecular complexity index is 481. The van der Waals surface area contributed by atoms with E-state index in [9.17, 15) is 0 Å². The summed E-state index contributed by atoms with van der Waals surface area (Å²) in [5.74, 6) is 0. The van der Waals surface area contributed by atoms with Gasteiger partial charge in [0.2, 0.25) is 0 Å². The van der Waals surface area contributed by atoms with Crippen molar-refractivity contribution < 1.29 is 0 Å². The molecule has 1 atom stereocenters. The zero-order valence-electron chi connectivity index (χ0n) is 10.1. The van der Waals surface area contributed by atoms with Gasteiger partial charge < -0.3 is 5.32 Å². The summed E-state index contributed by atoms with van der Waals surface area (Å²) in [4.78, 5) is 6.61. The van der Waals surface area contributed by atoms with E-state index in [0.29, 0.717) is 0 Å². The van der Waals surface area contributed by atoms with Crippen LogP contribution in [0.3, 0.4) is 0 Å². The van der Waals surface area contributed by atoms with Crippen molar-refractivity contribution in [3.8, 4) is 0 Å². The summed E-state index contributed by atoms with van der Waals surface area (Å²) in [5, 5.41) is 3.23. The molecule has 0 aromatic heterocycles. The average molecular weight is 262 g/mol. The normalized spacial score (nSPS) is 23.7. The van der Waals surface area contributed by atoms with Crippen molar-refractivity contribution in [2.24, 2.45) is 4.99 Å². The molecule has 0 saturated carbocycles. The summed E-state index contributed by atoms with van der Waals surface area (Å²) >= 11 is 6.18. The Morgan fingerprint density at radius 3 is 3.00 bits per heavy atom. The molecule has 3 rings (SSSR count). The van der Waals surface area contributed by atoms with Crippen LogP contribution in [0, 0.1) is 0 Å². The lowest BCUT2D eigenvalue weighted by molar-refractivity contribution is 0.271. The van der Waals surface area contributed by atoms with Crippen molar-refractivity contribution in [2.75, 3.05) is 13.1 Å². The van der Waals surface area contributed by atoms with E-state index in [0.717, 1.165) is 26.1 Å². The van der Waals surface area contributed by atoms with E-state index >= 15 is 0 Å². The summed E-state index contributed by atoms with van der Waals surface area (Å²) in [5.41, 5.74) is 3.67. The number of hydrogen-bond donors (Lipinski definition) is 1. The maximum absolute atomic E-state index is 6.18. The van der Waals surface area contributed by atoms with Crippen molar-refractivity contribution in [3.05, 3.63) is 47.2 Å². The number of rotatable bonds is 2. The number of benzene rings is 1.